The number of halogens is 2. The topological polar surface area (TPSA) is 6.48 Å². The fraction of sp³-hybridized carbons (Fsp3) is 0.235. The zero-order valence-corrected chi connectivity index (χ0v) is 12.0. The summed E-state index contributed by atoms with van der Waals surface area (Å²) in [7, 11) is 0. The number of aryl methyl sites for hydroxylation is 2. The highest BCUT2D eigenvalue weighted by atomic mass is 19.1. The largest absolute Gasteiger partial charge is 0.337 e. The summed E-state index contributed by atoms with van der Waals surface area (Å²) in [6.07, 6.45) is 0. The van der Waals surface area contributed by atoms with Gasteiger partial charge in [-0.1, -0.05) is 24.3 Å². The van der Waals surface area contributed by atoms with E-state index in [0.717, 1.165) is 11.1 Å². The first-order valence-electron chi connectivity index (χ1n) is 6.89. The number of hydrogen-bond acceptors (Lipinski definition) is 2. The van der Waals surface area contributed by atoms with Gasteiger partial charge >= 0.3 is 0 Å². The molecule has 1 aliphatic rings. The minimum absolute atomic E-state index is 0.283. The maximum atomic E-state index is 14.0. The van der Waals surface area contributed by atoms with Crippen molar-refractivity contribution >= 4 is 11.4 Å². The van der Waals surface area contributed by atoms with Crippen LogP contribution in [-0.2, 0) is 0 Å². The van der Waals surface area contributed by atoms with Gasteiger partial charge in [-0.15, -0.1) is 0 Å². The maximum Gasteiger partial charge on any atom is 0.209 e. The van der Waals surface area contributed by atoms with Gasteiger partial charge in [0.2, 0.25) is 6.67 Å². The number of benzene rings is 2. The van der Waals surface area contributed by atoms with Crippen molar-refractivity contribution in [3.63, 3.8) is 0 Å². The molecule has 3 rings (SSSR count). The molecular formula is C17H16F2N2. The Morgan fingerprint density at radius 2 is 1.24 bits per heavy atom. The summed E-state index contributed by atoms with van der Waals surface area (Å²) >= 11 is 0. The number of para-hydroxylation sites is 2. The molecule has 2 aromatic carbocycles. The van der Waals surface area contributed by atoms with E-state index in [2.05, 4.69) is 6.67 Å². The van der Waals surface area contributed by atoms with Crippen LogP contribution in [0.4, 0.5) is 20.2 Å². The third kappa shape index (κ3) is 2.46. The van der Waals surface area contributed by atoms with Gasteiger partial charge in [-0.25, -0.2) is 8.78 Å². The summed E-state index contributed by atoms with van der Waals surface area (Å²) < 4.78 is 28.0. The molecule has 4 heteroatoms. The van der Waals surface area contributed by atoms with Crippen LogP contribution in [0.3, 0.4) is 0 Å². The smallest absolute Gasteiger partial charge is 0.209 e. The van der Waals surface area contributed by atoms with E-state index in [9.17, 15) is 8.78 Å². The van der Waals surface area contributed by atoms with Crippen molar-refractivity contribution in [3.8, 4) is 0 Å². The quantitative estimate of drug-likeness (QED) is 0.826. The minimum Gasteiger partial charge on any atom is -0.337 e. The molecule has 0 aliphatic carbocycles. The molecule has 108 valence electrons. The molecule has 0 unspecified atom stereocenters. The minimum atomic E-state index is -0.283. The molecule has 0 N–H and O–H groups in total. The van der Waals surface area contributed by atoms with Crippen LogP contribution in [0, 0.1) is 32.2 Å². The van der Waals surface area contributed by atoms with Crippen LogP contribution in [-0.4, -0.2) is 13.1 Å². The Labute approximate surface area is 123 Å². The summed E-state index contributed by atoms with van der Waals surface area (Å²) in [5.41, 5.74) is 2.70. The van der Waals surface area contributed by atoms with Gasteiger partial charge in [-0.05, 0) is 37.1 Å². The summed E-state index contributed by atoms with van der Waals surface area (Å²) in [4.78, 5) is 3.44. The lowest BCUT2D eigenvalue weighted by atomic mass is 10.1. The molecule has 0 spiro atoms. The fourth-order valence-corrected chi connectivity index (χ4v) is 2.70. The van der Waals surface area contributed by atoms with E-state index in [1.807, 2.05) is 26.0 Å². The van der Waals surface area contributed by atoms with Crippen LogP contribution in [0.1, 0.15) is 11.1 Å². The molecule has 1 saturated heterocycles. The lowest BCUT2D eigenvalue weighted by molar-refractivity contribution is 0.623. The summed E-state index contributed by atoms with van der Waals surface area (Å²) in [5, 5.41) is 0. The van der Waals surface area contributed by atoms with E-state index >= 15 is 0 Å². The van der Waals surface area contributed by atoms with Gasteiger partial charge in [-0.3, -0.25) is 0 Å². The van der Waals surface area contributed by atoms with Crippen molar-refractivity contribution in [2.45, 2.75) is 13.8 Å². The van der Waals surface area contributed by atoms with Crippen molar-refractivity contribution in [3.05, 3.63) is 65.8 Å². The lowest BCUT2D eigenvalue weighted by Crippen LogP contribution is -2.21. The molecule has 0 bridgehead atoms. The molecule has 2 aromatic rings. The first kappa shape index (κ1) is 13.9. The maximum absolute atomic E-state index is 14.0. The molecule has 0 atom stereocenters. The van der Waals surface area contributed by atoms with E-state index in [4.69, 9.17) is 0 Å². The molecule has 2 nitrogen and oxygen atoms in total. The lowest BCUT2D eigenvalue weighted by Gasteiger charge is -2.22. The number of hydrogen-bond donors (Lipinski definition) is 0. The SMILES string of the molecule is Cc1cccc(F)c1N1[C]N(c2c(C)cccc2F)CC1. The van der Waals surface area contributed by atoms with E-state index in [1.165, 1.54) is 12.1 Å². The Kier molecular flexibility index (Phi) is 3.53. The fourth-order valence-electron chi connectivity index (χ4n) is 2.70. The number of anilines is 2. The normalized spacial score (nSPS) is 14.9. The molecule has 0 aromatic heterocycles. The van der Waals surface area contributed by atoms with Gasteiger partial charge in [0, 0.05) is 13.1 Å². The van der Waals surface area contributed by atoms with Crippen molar-refractivity contribution in [2.24, 2.45) is 0 Å². The second-order valence-corrected chi connectivity index (χ2v) is 5.21. The average molecular weight is 286 g/mol. The summed E-state index contributed by atoms with van der Waals surface area (Å²) in [5.74, 6) is -0.566. The molecule has 0 saturated carbocycles. The van der Waals surface area contributed by atoms with Crippen molar-refractivity contribution < 1.29 is 8.78 Å². The highest BCUT2D eigenvalue weighted by molar-refractivity contribution is 5.63. The summed E-state index contributed by atoms with van der Waals surface area (Å²) in [6, 6.07) is 9.95. The highest BCUT2D eigenvalue weighted by Crippen LogP contribution is 2.32. The summed E-state index contributed by atoms with van der Waals surface area (Å²) in [6.45, 7) is 7.95. The zero-order valence-electron chi connectivity index (χ0n) is 12.0. The van der Waals surface area contributed by atoms with Gasteiger partial charge in [0.05, 0.1) is 11.4 Å². The van der Waals surface area contributed by atoms with Crippen molar-refractivity contribution in [1.29, 1.82) is 0 Å². The van der Waals surface area contributed by atoms with E-state index in [-0.39, 0.29) is 11.6 Å². The van der Waals surface area contributed by atoms with Crippen molar-refractivity contribution in [1.82, 2.24) is 0 Å². The van der Waals surface area contributed by atoms with Crippen LogP contribution in [0.2, 0.25) is 0 Å². The Bertz CT molecular complexity index is 572. The van der Waals surface area contributed by atoms with Gasteiger partial charge in [0.15, 0.2) is 0 Å². The van der Waals surface area contributed by atoms with Crippen LogP contribution in [0.5, 0.6) is 0 Å². The first-order chi connectivity index (χ1) is 10.1. The Morgan fingerprint density at radius 1 is 0.810 bits per heavy atom. The predicted molar refractivity (Wildman–Crippen MR) is 80.2 cm³/mol. The van der Waals surface area contributed by atoms with Crippen LogP contribution in [0.15, 0.2) is 36.4 Å². The van der Waals surface area contributed by atoms with Gasteiger partial charge in [0.1, 0.15) is 11.6 Å². The van der Waals surface area contributed by atoms with Gasteiger partial charge in [0.25, 0.3) is 0 Å². The Morgan fingerprint density at radius 3 is 1.62 bits per heavy atom. The highest BCUT2D eigenvalue weighted by Gasteiger charge is 2.28. The molecule has 1 heterocycles. The number of nitrogens with zero attached hydrogens (tertiary/aromatic N) is 2. The third-order valence-electron chi connectivity index (χ3n) is 3.71. The average Bonchev–Trinajstić information content (AvgIpc) is 2.87. The molecular weight excluding hydrogens is 270 g/mol. The van der Waals surface area contributed by atoms with Crippen LogP contribution < -0.4 is 9.80 Å². The van der Waals surface area contributed by atoms with E-state index in [1.54, 1.807) is 21.9 Å². The predicted octanol–water partition coefficient (Wildman–Crippen LogP) is 3.90. The third-order valence-corrected chi connectivity index (χ3v) is 3.71. The standard InChI is InChI=1S/C17H16F2N2/c1-12-5-3-7-14(18)16(12)20-9-10-21(11-20)17-13(2)6-4-8-15(17)19/h3-8H,9-10H2,1-2H3. The Hall–Kier alpha value is -2.10. The molecule has 2 radical (unpaired) electrons. The van der Waals surface area contributed by atoms with E-state index in [0.29, 0.717) is 24.5 Å². The van der Waals surface area contributed by atoms with Gasteiger partial charge < -0.3 is 9.80 Å². The second kappa shape index (κ2) is 5.35. The molecule has 1 aliphatic heterocycles. The monoisotopic (exact) mass is 286 g/mol. The van der Waals surface area contributed by atoms with Crippen LogP contribution in [0.25, 0.3) is 0 Å². The first-order valence-corrected chi connectivity index (χ1v) is 6.89. The molecule has 0 amide bonds. The van der Waals surface area contributed by atoms with Crippen molar-refractivity contribution in [2.75, 3.05) is 22.9 Å². The molecule has 1 fully saturated rings. The second-order valence-electron chi connectivity index (χ2n) is 5.21. The van der Waals surface area contributed by atoms with Crippen LogP contribution >= 0.6 is 0 Å². The zero-order chi connectivity index (χ0) is 15.0. The van der Waals surface area contributed by atoms with E-state index < -0.39 is 0 Å². The number of rotatable bonds is 2. The molecule has 21 heavy (non-hydrogen) atoms. The van der Waals surface area contributed by atoms with Gasteiger partial charge in [-0.2, -0.15) is 0 Å². The Balaban J connectivity index is 1.89.